The SMILES string of the molecule is C=C=C1CC2CC(CC)(C(=O)O2)C1C. The Morgan fingerprint density at radius 1 is 1.71 bits per heavy atom. The summed E-state index contributed by atoms with van der Waals surface area (Å²) in [6.45, 7) is 7.85. The topological polar surface area (TPSA) is 26.3 Å². The molecule has 3 atom stereocenters. The minimum atomic E-state index is -0.275. The molecule has 1 aliphatic heterocycles. The second-order valence-corrected chi connectivity index (χ2v) is 4.37. The summed E-state index contributed by atoms with van der Waals surface area (Å²) in [5.41, 5.74) is 3.85. The van der Waals surface area contributed by atoms with Gasteiger partial charge in [0.1, 0.15) is 6.10 Å². The van der Waals surface area contributed by atoms with Crippen molar-refractivity contribution in [2.75, 3.05) is 0 Å². The summed E-state index contributed by atoms with van der Waals surface area (Å²) in [5, 5.41) is 0. The fraction of sp³-hybridized carbons (Fsp3) is 0.667. The molecule has 2 bridgehead atoms. The van der Waals surface area contributed by atoms with Gasteiger partial charge in [0.05, 0.1) is 5.41 Å². The Hall–Kier alpha value is -1.01. The standard InChI is InChI=1S/C12H16O2/c1-4-9-6-10-7-12(5-2,8(9)3)11(13)14-10/h8,10H,1,5-7H2,2-3H3. The van der Waals surface area contributed by atoms with Crippen LogP contribution in [0, 0.1) is 11.3 Å². The summed E-state index contributed by atoms with van der Waals surface area (Å²) in [6, 6.07) is 0. The molecule has 2 fully saturated rings. The third kappa shape index (κ3) is 1.01. The fourth-order valence-electron chi connectivity index (χ4n) is 2.84. The molecule has 0 amide bonds. The molecule has 0 N–H and O–H groups in total. The van der Waals surface area contributed by atoms with Crippen LogP contribution in [-0.4, -0.2) is 12.1 Å². The van der Waals surface area contributed by atoms with E-state index < -0.39 is 0 Å². The summed E-state index contributed by atoms with van der Waals surface area (Å²) in [5.74, 6) is 0.235. The van der Waals surface area contributed by atoms with Gasteiger partial charge in [0.25, 0.3) is 0 Å². The number of esters is 1. The minimum Gasteiger partial charge on any atom is -0.462 e. The van der Waals surface area contributed by atoms with Gasteiger partial charge in [-0.15, -0.1) is 5.73 Å². The third-order valence-corrected chi connectivity index (χ3v) is 3.93. The van der Waals surface area contributed by atoms with Crippen molar-refractivity contribution in [1.29, 1.82) is 0 Å². The quantitative estimate of drug-likeness (QED) is 0.471. The molecule has 0 radical (unpaired) electrons. The van der Waals surface area contributed by atoms with Crippen LogP contribution in [0.3, 0.4) is 0 Å². The molecule has 3 unspecified atom stereocenters. The molecule has 0 spiro atoms. The minimum absolute atomic E-state index is 0.0113. The second kappa shape index (κ2) is 2.99. The number of hydrogen-bond donors (Lipinski definition) is 0. The lowest BCUT2D eigenvalue weighted by Crippen LogP contribution is -2.36. The first-order valence-electron chi connectivity index (χ1n) is 5.24. The highest BCUT2D eigenvalue weighted by Gasteiger charge is 2.55. The molecular weight excluding hydrogens is 176 g/mol. The first-order valence-corrected chi connectivity index (χ1v) is 5.24. The molecule has 0 aromatic rings. The van der Waals surface area contributed by atoms with Crippen LogP contribution in [0.2, 0.25) is 0 Å². The maximum atomic E-state index is 11.8. The Bertz CT molecular complexity index is 325. The van der Waals surface area contributed by atoms with Gasteiger partial charge >= 0.3 is 5.97 Å². The van der Waals surface area contributed by atoms with Crippen molar-refractivity contribution in [3.8, 4) is 0 Å². The van der Waals surface area contributed by atoms with Crippen molar-refractivity contribution in [3.63, 3.8) is 0 Å². The van der Waals surface area contributed by atoms with Gasteiger partial charge in [0, 0.05) is 18.8 Å². The monoisotopic (exact) mass is 192 g/mol. The highest BCUT2D eigenvalue weighted by molar-refractivity contribution is 5.80. The number of carbonyl (C=O) groups is 1. The molecule has 2 rings (SSSR count). The van der Waals surface area contributed by atoms with Gasteiger partial charge in [0.15, 0.2) is 0 Å². The molecule has 2 nitrogen and oxygen atoms in total. The van der Waals surface area contributed by atoms with Crippen LogP contribution in [0.5, 0.6) is 0 Å². The molecule has 1 saturated carbocycles. The molecule has 0 aromatic heterocycles. The smallest absolute Gasteiger partial charge is 0.313 e. The molecule has 1 aliphatic carbocycles. The van der Waals surface area contributed by atoms with Crippen molar-refractivity contribution < 1.29 is 9.53 Å². The van der Waals surface area contributed by atoms with Gasteiger partial charge < -0.3 is 4.74 Å². The van der Waals surface area contributed by atoms with Crippen LogP contribution >= 0.6 is 0 Å². The number of rotatable bonds is 1. The van der Waals surface area contributed by atoms with E-state index in [-0.39, 0.29) is 23.4 Å². The normalized spacial score (nSPS) is 40.7. The molecule has 2 aliphatic rings. The maximum Gasteiger partial charge on any atom is 0.313 e. The Balaban J connectivity index is 2.45. The van der Waals surface area contributed by atoms with Crippen molar-refractivity contribution in [2.24, 2.45) is 11.3 Å². The number of carbonyl (C=O) groups excluding carboxylic acids is 1. The summed E-state index contributed by atoms with van der Waals surface area (Å²) >= 11 is 0. The van der Waals surface area contributed by atoms with Gasteiger partial charge in [-0.3, -0.25) is 4.79 Å². The van der Waals surface area contributed by atoms with Gasteiger partial charge in [-0.2, -0.15) is 0 Å². The van der Waals surface area contributed by atoms with Crippen LogP contribution in [0.25, 0.3) is 0 Å². The fourth-order valence-corrected chi connectivity index (χ4v) is 2.84. The van der Waals surface area contributed by atoms with Crippen LogP contribution in [-0.2, 0) is 9.53 Å². The maximum absolute atomic E-state index is 11.8. The van der Waals surface area contributed by atoms with Crippen LogP contribution in [0.4, 0.5) is 0 Å². The van der Waals surface area contributed by atoms with Crippen molar-refractivity contribution in [2.45, 2.75) is 39.2 Å². The van der Waals surface area contributed by atoms with Crippen LogP contribution in [0.15, 0.2) is 17.9 Å². The summed E-state index contributed by atoms with van der Waals surface area (Å²) in [7, 11) is 0. The second-order valence-electron chi connectivity index (χ2n) is 4.37. The lowest BCUT2D eigenvalue weighted by atomic mass is 9.64. The van der Waals surface area contributed by atoms with E-state index in [1.807, 2.05) is 0 Å². The first-order chi connectivity index (χ1) is 6.64. The van der Waals surface area contributed by atoms with E-state index in [0.29, 0.717) is 0 Å². The van der Waals surface area contributed by atoms with Crippen LogP contribution < -0.4 is 0 Å². The highest BCUT2D eigenvalue weighted by atomic mass is 16.6. The Labute approximate surface area is 84.6 Å². The predicted molar refractivity (Wildman–Crippen MR) is 53.7 cm³/mol. The number of ether oxygens (including phenoxy) is 1. The van der Waals surface area contributed by atoms with Crippen molar-refractivity contribution >= 4 is 5.97 Å². The number of hydrogen-bond acceptors (Lipinski definition) is 2. The summed E-state index contributed by atoms with van der Waals surface area (Å²) in [4.78, 5) is 11.8. The average molecular weight is 192 g/mol. The van der Waals surface area contributed by atoms with Gasteiger partial charge in [-0.05, 0) is 12.0 Å². The molecule has 76 valence electrons. The van der Waals surface area contributed by atoms with Crippen molar-refractivity contribution in [3.05, 3.63) is 17.9 Å². The average Bonchev–Trinajstić information content (AvgIpc) is 2.47. The Morgan fingerprint density at radius 3 is 3.00 bits per heavy atom. The van der Waals surface area contributed by atoms with E-state index in [1.54, 1.807) is 0 Å². The van der Waals surface area contributed by atoms with E-state index in [2.05, 4.69) is 26.2 Å². The zero-order valence-electron chi connectivity index (χ0n) is 8.80. The zero-order valence-corrected chi connectivity index (χ0v) is 8.80. The summed E-state index contributed by atoms with van der Waals surface area (Å²) in [6.07, 6.45) is 2.66. The van der Waals surface area contributed by atoms with E-state index in [1.165, 1.54) is 0 Å². The molecule has 14 heavy (non-hydrogen) atoms. The van der Waals surface area contributed by atoms with Gasteiger partial charge in [-0.1, -0.05) is 20.4 Å². The van der Waals surface area contributed by atoms with E-state index >= 15 is 0 Å². The summed E-state index contributed by atoms with van der Waals surface area (Å²) < 4.78 is 5.35. The van der Waals surface area contributed by atoms with Crippen molar-refractivity contribution in [1.82, 2.24) is 0 Å². The Morgan fingerprint density at radius 2 is 2.43 bits per heavy atom. The van der Waals surface area contributed by atoms with Gasteiger partial charge in [-0.25, -0.2) is 0 Å². The first kappa shape index (κ1) is 9.54. The highest BCUT2D eigenvalue weighted by Crippen LogP contribution is 2.52. The predicted octanol–water partition coefficient (Wildman–Crippen LogP) is 2.45. The lowest BCUT2D eigenvalue weighted by Gasteiger charge is -2.34. The number of fused-ring (bicyclic) bond motifs is 2. The zero-order chi connectivity index (χ0) is 10.3. The Kier molecular flexibility index (Phi) is 2.04. The molecule has 1 heterocycles. The van der Waals surface area contributed by atoms with E-state index in [9.17, 15) is 4.79 Å². The molecular formula is C12H16O2. The largest absolute Gasteiger partial charge is 0.462 e. The third-order valence-electron chi connectivity index (χ3n) is 3.93. The molecule has 2 heteroatoms. The van der Waals surface area contributed by atoms with Gasteiger partial charge in [0.2, 0.25) is 0 Å². The van der Waals surface area contributed by atoms with E-state index in [4.69, 9.17) is 4.74 Å². The molecule has 1 saturated heterocycles. The van der Waals surface area contributed by atoms with Crippen LogP contribution in [0.1, 0.15) is 33.1 Å². The van der Waals surface area contributed by atoms with E-state index in [0.717, 1.165) is 24.8 Å². The molecule has 0 aromatic carbocycles. The lowest BCUT2D eigenvalue weighted by molar-refractivity contribution is -0.149.